The molecule has 0 aliphatic heterocycles. The fraction of sp³-hybridized carbons (Fsp3) is 0.125. The lowest BCUT2D eigenvalue weighted by atomic mass is 10.2. The molecule has 1 aromatic heterocycles. The smallest absolute Gasteiger partial charge is 0.312 e. The molecule has 0 bridgehead atoms. The van der Waals surface area contributed by atoms with Crippen molar-refractivity contribution in [2.24, 2.45) is 0 Å². The van der Waals surface area contributed by atoms with E-state index in [9.17, 15) is 18.0 Å². The van der Waals surface area contributed by atoms with E-state index in [-0.39, 0.29) is 0 Å². The zero-order valence-corrected chi connectivity index (χ0v) is 7.01. The summed E-state index contributed by atoms with van der Waals surface area (Å²) in [6, 6.07) is 1.31. The third-order valence-electron chi connectivity index (χ3n) is 1.37. The molecule has 0 aliphatic carbocycles. The van der Waals surface area contributed by atoms with Crippen LogP contribution in [0.1, 0.15) is 11.3 Å². The van der Waals surface area contributed by atoms with Gasteiger partial charge in [-0.25, -0.2) is 4.98 Å². The highest BCUT2D eigenvalue weighted by Crippen LogP contribution is 2.28. The molecule has 1 N–H and O–H groups in total. The minimum atomic E-state index is -4.77. The number of nitrogens with zero attached hydrogens (tertiary/aromatic N) is 2. The van der Waals surface area contributed by atoms with Gasteiger partial charge in [0.1, 0.15) is 5.56 Å². The van der Waals surface area contributed by atoms with Crippen LogP contribution in [-0.2, 0) is 6.18 Å². The number of alkyl halides is 3. The van der Waals surface area contributed by atoms with E-state index < -0.39 is 23.0 Å². The van der Waals surface area contributed by atoms with Gasteiger partial charge < -0.3 is 4.98 Å². The summed E-state index contributed by atoms with van der Waals surface area (Å²) in [5.41, 5.74) is -3.28. The van der Waals surface area contributed by atoms with Crippen LogP contribution in [-0.4, -0.2) is 9.97 Å². The summed E-state index contributed by atoms with van der Waals surface area (Å²) in [5, 5.41) is 8.07. The Morgan fingerprint density at radius 3 is 2.67 bits per heavy atom. The van der Waals surface area contributed by atoms with E-state index in [2.05, 4.69) is 4.98 Å². The lowest BCUT2D eigenvalue weighted by Crippen LogP contribution is -2.20. The summed E-state index contributed by atoms with van der Waals surface area (Å²) in [6.45, 7) is 0. The van der Waals surface area contributed by atoms with E-state index in [0.717, 1.165) is 0 Å². The summed E-state index contributed by atoms with van der Waals surface area (Å²) >= 11 is 0. The molecule has 76 valence electrons. The molecule has 1 heterocycles. The van der Waals surface area contributed by atoms with Gasteiger partial charge in [-0.05, 0) is 5.92 Å². The minimum Gasteiger partial charge on any atom is -0.312 e. The second-order valence-electron chi connectivity index (χ2n) is 2.31. The molecule has 1 rings (SSSR count). The maximum absolute atomic E-state index is 12.3. The molecule has 0 saturated heterocycles. The number of H-pyrrole nitrogens is 1. The van der Waals surface area contributed by atoms with Crippen molar-refractivity contribution in [3.05, 3.63) is 27.9 Å². The van der Waals surface area contributed by atoms with Crippen LogP contribution in [0.15, 0.2) is 11.1 Å². The van der Waals surface area contributed by atoms with Crippen LogP contribution in [0.5, 0.6) is 0 Å². The monoisotopic (exact) mass is 213 g/mol. The van der Waals surface area contributed by atoms with Gasteiger partial charge in [0.15, 0.2) is 11.8 Å². The Hall–Kier alpha value is -2.28. The number of nitrogens with one attached hydrogen (secondary N) is 1. The van der Waals surface area contributed by atoms with Crippen LogP contribution >= 0.6 is 0 Å². The van der Waals surface area contributed by atoms with Crippen molar-refractivity contribution in [1.29, 1.82) is 5.26 Å². The van der Waals surface area contributed by atoms with Crippen molar-refractivity contribution in [2.45, 2.75) is 6.18 Å². The lowest BCUT2D eigenvalue weighted by Gasteiger charge is -2.05. The minimum absolute atomic E-state index is 0.628. The summed E-state index contributed by atoms with van der Waals surface area (Å²) < 4.78 is 36.9. The molecule has 15 heavy (non-hydrogen) atoms. The Kier molecular flexibility index (Phi) is 2.77. The van der Waals surface area contributed by atoms with E-state index in [1.54, 1.807) is 11.8 Å². The molecule has 0 saturated carbocycles. The molecular weight excluding hydrogens is 211 g/mol. The third-order valence-corrected chi connectivity index (χ3v) is 1.37. The number of aromatic nitrogens is 2. The Balaban J connectivity index is 3.49. The second kappa shape index (κ2) is 3.84. The maximum atomic E-state index is 12.3. The van der Waals surface area contributed by atoms with E-state index in [4.69, 9.17) is 5.26 Å². The second-order valence-corrected chi connectivity index (χ2v) is 2.31. The normalized spacial score (nSPS) is 10.0. The Bertz CT molecular complexity index is 527. The average Bonchev–Trinajstić information content (AvgIpc) is 2.14. The summed E-state index contributed by atoms with van der Waals surface area (Å²) in [5.74, 6) is 3.51. The predicted molar refractivity (Wildman–Crippen MR) is 42.4 cm³/mol. The molecule has 0 fully saturated rings. The lowest BCUT2D eigenvalue weighted by molar-refractivity contribution is -0.141. The highest BCUT2D eigenvalue weighted by Gasteiger charge is 2.36. The molecule has 0 atom stereocenters. The summed E-state index contributed by atoms with van der Waals surface area (Å²) in [6.07, 6.45) is -4.14. The zero-order chi connectivity index (χ0) is 11.5. The van der Waals surface area contributed by atoms with Gasteiger partial charge in [0.2, 0.25) is 0 Å². The van der Waals surface area contributed by atoms with Gasteiger partial charge in [0.25, 0.3) is 5.56 Å². The fourth-order valence-corrected chi connectivity index (χ4v) is 0.821. The van der Waals surface area contributed by atoms with E-state index in [0.29, 0.717) is 6.33 Å². The molecule has 0 aromatic carbocycles. The van der Waals surface area contributed by atoms with Gasteiger partial charge in [0.05, 0.1) is 6.33 Å². The van der Waals surface area contributed by atoms with Crippen molar-refractivity contribution in [3.63, 3.8) is 0 Å². The molecule has 0 aliphatic rings. The molecule has 0 spiro atoms. The van der Waals surface area contributed by atoms with Crippen LogP contribution in [0.2, 0.25) is 0 Å². The summed E-state index contributed by atoms with van der Waals surface area (Å²) in [7, 11) is 0. The molecule has 4 nitrogen and oxygen atoms in total. The largest absolute Gasteiger partial charge is 0.434 e. The quantitative estimate of drug-likeness (QED) is 0.643. The number of hydrogen-bond acceptors (Lipinski definition) is 3. The van der Waals surface area contributed by atoms with Crippen LogP contribution in [0.4, 0.5) is 13.2 Å². The van der Waals surface area contributed by atoms with E-state index in [1.807, 2.05) is 4.98 Å². The van der Waals surface area contributed by atoms with Crippen molar-refractivity contribution in [3.8, 4) is 17.9 Å². The number of nitriles is 1. The topological polar surface area (TPSA) is 69.5 Å². The van der Waals surface area contributed by atoms with E-state index in [1.165, 1.54) is 6.07 Å². The van der Waals surface area contributed by atoms with Gasteiger partial charge in [-0.3, -0.25) is 4.79 Å². The van der Waals surface area contributed by atoms with Crippen molar-refractivity contribution in [1.82, 2.24) is 9.97 Å². The zero-order valence-electron chi connectivity index (χ0n) is 7.01. The first-order valence-electron chi connectivity index (χ1n) is 3.52. The predicted octanol–water partition coefficient (Wildman–Crippen LogP) is 0.664. The van der Waals surface area contributed by atoms with Crippen molar-refractivity contribution in [2.75, 3.05) is 0 Å². The standard InChI is InChI=1S/C8H2F3N3O/c9-8(10,11)6-5(2-1-3-12)7(15)14-4-13-6/h4H,(H,13,14,15). The highest BCUT2D eigenvalue weighted by atomic mass is 19.4. The summed E-state index contributed by atoms with van der Waals surface area (Å²) in [4.78, 5) is 15.9. The SMILES string of the molecule is N#CC#Cc1c(C(F)(F)F)nc[nH]c1=O. The number of rotatable bonds is 0. The number of aromatic amines is 1. The molecule has 1 aromatic rings. The highest BCUT2D eigenvalue weighted by molar-refractivity contribution is 5.40. The molecule has 7 heteroatoms. The third kappa shape index (κ3) is 2.35. The first-order chi connectivity index (χ1) is 6.96. The number of hydrogen-bond donors (Lipinski definition) is 1. The van der Waals surface area contributed by atoms with Gasteiger partial charge in [-0.15, -0.1) is 0 Å². The Labute approximate surface area is 81.4 Å². The van der Waals surface area contributed by atoms with Crippen LogP contribution in [0, 0.1) is 23.2 Å². The number of halogens is 3. The molecule has 0 radical (unpaired) electrons. The van der Waals surface area contributed by atoms with Crippen LogP contribution in [0.3, 0.4) is 0 Å². The van der Waals surface area contributed by atoms with Gasteiger partial charge >= 0.3 is 6.18 Å². The van der Waals surface area contributed by atoms with Crippen molar-refractivity contribution >= 4 is 0 Å². The Morgan fingerprint density at radius 2 is 2.13 bits per heavy atom. The molecule has 0 unspecified atom stereocenters. The van der Waals surface area contributed by atoms with Gasteiger partial charge in [-0.2, -0.15) is 18.4 Å². The average molecular weight is 213 g/mol. The molecule has 0 amide bonds. The van der Waals surface area contributed by atoms with E-state index >= 15 is 0 Å². The van der Waals surface area contributed by atoms with Gasteiger partial charge in [0, 0.05) is 5.92 Å². The molecular formula is C8H2F3N3O. The van der Waals surface area contributed by atoms with Crippen LogP contribution in [0.25, 0.3) is 0 Å². The maximum Gasteiger partial charge on any atom is 0.434 e. The first kappa shape index (κ1) is 10.8. The first-order valence-corrected chi connectivity index (χ1v) is 3.52. The van der Waals surface area contributed by atoms with Gasteiger partial charge in [-0.1, -0.05) is 0 Å². The fourth-order valence-electron chi connectivity index (χ4n) is 0.821. The van der Waals surface area contributed by atoms with Crippen molar-refractivity contribution < 1.29 is 13.2 Å². The Morgan fingerprint density at radius 1 is 1.47 bits per heavy atom. The van der Waals surface area contributed by atoms with Crippen LogP contribution < -0.4 is 5.56 Å².